The molecule has 0 bridgehead atoms. The highest BCUT2D eigenvalue weighted by Crippen LogP contribution is 2.65. The number of urea groups is 1. The van der Waals surface area contributed by atoms with Crippen LogP contribution in [0.4, 0.5) is 10.5 Å². The van der Waals surface area contributed by atoms with Crippen molar-refractivity contribution in [3.05, 3.63) is 38.7 Å². The molecule has 1 aromatic carbocycles. The molecular formula is C40H60N6O7. The highest BCUT2D eigenvalue weighted by molar-refractivity contribution is 6.38. The lowest BCUT2D eigenvalue weighted by Crippen LogP contribution is -2.62. The fourth-order valence-corrected chi connectivity index (χ4v) is 8.83. The molecule has 5 amide bonds. The molecule has 6 atom stereocenters. The van der Waals surface area contributed by atoms with Crippen molar-refractivity contribution in [2.24, 2.45) is 28.6 Å². The number of fused-ring (bicyclic) bond motifs is 1. The van der Waals surface area contributed by atoms with Crippen LogP contribution in [0.5, 0.6) is 0 Å². The van der Waals surface area contributed by atoms with Gasteiger partial charge in [0.15, 0.2) is 0 Å². The van der Waals surface area contributed by atoms with Crippen LogP contribution in [0.2, 0.25) is 0 Å². The molecule has 1 unspecified atom stereocenters. The Morgan fingerprint density at radius 1 is 0.981 bits per heavy atom. The molecule has 5 rings (SSSR count). The van der Waals surface area contributed by atoms with Crippen molar-refractivity contribution in [3.63, 3.8) is 0 Å². The van der Waals surface area contributed by atoms with Gasteiger partial charge < -0.3 is 31.1 Å². The number of carbonyl (C=O) groups excluding carboxylic acids is 5. The molecule has 0 aromatic heterocycles. The minimum atomic E-state index is -1.04. The molecule has 292 valence electrons. The third-order valence-corrected chi connectivity index (χ3v) is 12.4. The molecule has 1 heterocycles. The number of rotatable bonds is 16. The summed E-state index contributed by atoms with van der Waals surface area (Å²) in [6.07, 6.45) is 8.50. The van der Waals surface area contributed by atoms with Crippen molar-refractivity contribution in [2.75, 3.05) is 31.6 Å². The van der Waals surface area contributed by atoms with E-state index in [0.29, 0.717) is 30.8 Å². The number of likely N-dealkylation sites (tertiary alicyclic amines) is 1. The summed E-state index contributed by atoms with van der Waals surface area (Å²) in [5, 5.41) is 11.5. The maximum Gasteiger partial charge on any atom is 0.315 e. The number of carbonyl (C=O) groups is 5. The second-order valence-corrected chi connectivity index (χ2v) is 17.6. The van der Waals surface area contributed by atoms with Crippen LogP contribution >= 0.6 is 0 Å². The Balaban J connectivity index is 1.34. The van der Waals surface area contributed by atoms with E-state index in [9.17, 15) is 33.6 Å². The van der Waals surface area contributed by atoms with E-state index in [1.807, 2.05) is 27.7 Å². The maximum absolute atomic E-state index is 14.7. The Hall–Kier alpha value is -4.03. The minimum absolute atomic E-state index is 0.0796. The van der Waals surface area contributed by atoms with Crippen LogP contribution in [0, 0.1) is 28.6 Å². The number of nitrogens with zero attached hydrogens (tertiary/aromatic N) is 2. The van der Waals surface area contributed by atoms with Crippen LogP contribution < -0.4 is 37.0 Å². The summed E-state index contributed by atoms with van der Waals surface area (Å²) in [5.41, 5.74) is -0.483. The van der Waals surface area contributed by atoms with Crippen molar-refractivity contribution < 1.29 is 24.0 Å². The van der Waals surface area contributed by atoms with E-state index in [4.69, 9.17) is 0 Å². The number of likely N-dealkylation sites (N-methyl/N-ethyl adjacent to an activating group) is 1. The number of Topliss-reactive ketones (excluding diaryl/α,β-unsaturated/α-hetero) is 1. The highest BCUT2D eigenvalue weighted by atomic mass is 16.2. The molecular weight excluding hydrogens is 676 g/mol. The van der Waals surface area contributed by atoms with E-state index in [1.165, 1.54) is 6.08 Å². The quantitative estimate of drug-likeness (QED) is 0.148. The first-order chi connectivity index (χ1) is 24.9. The van der Waals surface area contributed by atoms with Gasteiger partial charge in [-0.05, 0) is 66.6 Å². The van der Waals surface area contributed by atoms with Gasteiger partial charge in [0.2, 0.25) is 28.5 Å². The van der Waals surface area contributed by atoms with E-state index in [0.717, 1.165) is 44.9 Å². The smallest absolute Gasteiger partial charge is 0.315 e. The molecule has 13 heteroatoms. The van der Waals surface area contributed by atoms with Crippen molar-refractivity contribution >= 4 is 35.2 Å². The number of ketones is 1. The molecule has 1 saturated heterocycles. The molecule has 3 aliphatic carbocycles. The monoisotopic (exact) mass is 736 g/mol. The second-order valence-electron chi connectivity index (χ2n) is 17.6. The fourth-order valence-electron chi connectivity index (χ4n) is 8.83. The number of amides is 5. The van der Waals surface area contributed by atoms with E-state index in [2.05, 4.69) is 41.7 Å². The first-order valence-corrected chi connectivity index (χ1v) is 19.6. The predicted octanol–water partition coefficient (Wildman–Crippen LogP) is 2.90. The number of anilines is 1. The number of piperidine rings is 1. The summed E-state index contributed by atoms with van der Waals surface area (Å²) in [4.78, 5) is 96.7. The van der Waals surface area contributed by atoms with E-state index >= 15 is 0 Å². The SMILES string of the molecule is C=CCNC(=O)C(=O)C(CCC)NC(=O)[C@@H]1[C@@H]2[C@H](CN1C(=O)[C@@H](NC(=O)N[C@H](CN(C)c1c(C3CC3)c(=O)c1=O)C(C)(C)C)C1CCCCC1)C2(C)C. The van der Waals surface area contributed by atoms with Gasteiger partial charge in [-0.2, -0.15) is 0 Å². The molecule has 1 aromatic rings. The van der Waals surface area contributed by atoms with Crippen LogP contribution in [0.25, 0.3) is 0 Å². The molecule has 3 saturated carbocycles. The summed E-state index contributed by atoms with van der Waals surface area (Å²) < 4.78 is 0. The number of hydrogen-bond acceptors (Lipinski definition) is 8. The van der Waals surface area contributed by atoms with Gasteiger partial charge in [-0.3, -0.25) is 28.8 Å². The van der Waals surface area contributed by atoms with Crippen molar-refractivity contribution in [1.82, 2.24) is 26.2 Å². The van der Waals surface area contributed by atoms with E-state index in [1.54, 1.807) is 16.8 Å². The molecule has 0 radical (unpaired) electrons. The zero-order valence-electron chi connectivity index (χ0n) is 32.6. The van der Waals surface area contributed by atoms with E-state index < -0.39 is 64.1 Å². The van der Waals surface area contributed by atoms with Gasteiger partial charge in [0, 0.05) is 32.2 Å². The van der Waals surface area contributed by atoms with Gasteiger partial charge in [0.05, 0.1) is 17.8 Å². The van der Waals surface area contributed by atoms with Crippen LogP contribution in [0.15, 0.2) is 22.2 Å². The van der Waals surface area contributed by atoms with Gasteiger partial charge in [-0.1, -0.05) is 73.3 Å². The molecule has 13 nitrogen and oxygen atoms in total. The third kappa shape index (κ3) is 8.38. The normalized spacial score (nSPS) is 24.0. The molecule has 4 aliphatic rings. The summed E-state index contributed by atoms with van der Waals surface area (Å²) in [6, 6.07) is -3.72. The maximum atomic E-state index is 14.7. The summed E-state index contributed by atoms with van der Waals surface area (Å²) in [6.45, 7) is 16.3. The molecule has 4 fully saturated rings. The third-order valence-electron chi connectivity index (χ3n) is 12.4. The topological polar surface area (TPSA) is 174 Å². The number of nitrogens with one attached hydrogen (secondary N) is 4. The zero-order chi connectivity index (χ0) is 39.0. The Morgan fingerprint density at radius 3 is 2.23 bits per heavy atom. The number of hydrogen-bond donors (Lipinski definition) is 4. The predicted molar refractivity (Wildman–Crippen MR) is 203 cm³/mol. The van der Waals surface area contributed by atoms with Gasteiger partial charge in [-0.25, -0.2) is 4.79 Å². The van der Waals surface area contributed by atoms with Crippen molar-refractivity contribution in [1.29, 1.82) is 0 Å². The van der Waals surface area contributed by atoms with E-state index in [-0.39, 0.29) is 48.0 Å². The van der Waals surface area contributed by atoms with Gasteiger partial charge in [0.1, 0.15) is 12.1 Å². The van der Waals surface area contributed by atoms with Crippen LogP contribution in [-0.2, 0) is 19.2 Å². The Bertz CT molecular complexity index is 1660. The lowest BCUT2D eigenvalue weighted by Gasteiger charge is -2.39. The first kappa shape index (κ1) is 40.2. The first-order valence-electron chi connectivity index (χ1n) is 19.6. The Kier molecular flexibility index (Phi) is 11.9. The van der Waals surface area contributed by atoms with Gasteiger partial charge >= 0.3 is 6.03 Å². The summed E-state index contributed by atoms with van der Waals surface area (Å²) in [7, 11) is 1.77. The highest BCUT2D eigenvalue weighted by Gasteiger charge is 2.69. The zero-order valence-corrected chi connectivity index (χ0v) is 32.6. The molecule has 0 spiro atoms. The molecule has 53 heavy (non-hydrogen) atoms. The van der Waals surface area contributed by atoms with Crippen LogP contribution in [0.3, 0.4) is 0 Å². The Labute approximate surface area is 313 Å². The fraction of sp³-hybridized carbons (Fsp3) is 0.725. The average Bonchev–Trinajstić information content (AvgIpc) is 3.98. The minimum Gasteiger partial charge on any atom is -0.369 e. The van der Waals surface area contributed by atoms with Crippen molar-refractivity contribution in [3.8, 4) is 0 Å². The summed E-state index contributed by atoms with van der Waals surface area (Å²) in [5.74, 6) is -2.36. The van der Waals surface area contributed by atoms with Crippen molar-refractivity contribution in [2.45, 2.75) is 129 Å². The van der Waals surface area contributed by atoms with Crippen LogP contribution in [0.1, 0.15) is 111 Å². The largest absolute Gasteiger partial charge is 0.369 e. The lowest BCUT2D eigenvalue weighted by atomic mass is 9.83. The van der Waals surface area contributed by atoms with Gasteiger partial charge in [0.25, 0.3) is 5.91 Å². The lowest BCUT2D eigenvalue weighted by molar-refractivity contribution is -0.144. The second kappa shape index (κ2) is 15.8. The van der Waals surface area contributed by atoms with Crippen LogP contribution in [-0.4, -0.2) is 85.3 Å². The summed E-state index contributed by atoms with van der Waals surface area (Å²) >= 11 is 0. The molecule has 4 N–H and O–H groups in total. The molecule has 1 aliphatic heterocycles. The standard InChI is InChI=1S/C40H60N6O7/c1-9-14-25(32(47)36(51)41-19-10-2)42-35(50)31-28-24(40(28,6)7)20-46(31)37(52)29(23-15-12-11-13-16-23)44-38(53)43-26(39(3,4)5)21-45(8)30-27(22-17-18-22)33(48)34(30)49/h10,22-26,28-29,31H,2,9,11-21H2,1,3-8H3,(H,41,51)(H,42,50)(H2,43,44,53)/t24-,25?,26+,28-,29-,31-/m0/s1. The average molecular weight is 737 g/mol. The van der Waals surface area contributed by atoms with Gasteiger partial charge in [-0.15, -0.1) is 6.58 Å². The Morgan fingerprint density at radius 2 is 1.64 bits per heavy atom.